The van der Waals surface area contributed by atoms with Crippen LogP contribution < -0.4 is 10.1 Å². The number of carbonyl (C=O) groups excluding carboxylic acids is 1. The zero-order valence-corrected chi connectivity index (χ0v) is 16.3. The van der Waals surface area contributed by atoms with Gasteiger partial charge in [0.1, 0.15) is 5.75 Å². The lowest BCUT2D eigenvalue weighted by atomic mass is 9.87. The van der Waals surface area contributed by atoms with E-state index in [1.165, 1.54) is 5.56 Å². The van der Waals surface area contributed by atoms with E-state index in [4.69, 9.17) is 9.47 Å². The molecule has 2 rings (SSSR count). The molecular weight excluding hydrogens is 326 g/mol. The molecule has 0 heterocycles. The fourth-order valence-electron chi connectivity index (χ4n) is 2.73. The third-order valence-electron chi connectivity index (χ3n) is 4.39. The van der Waals surface area contributed by atoms with Crippen molar-refractivity contribution in [1.82, 2.24) is 5.32 Å². The van der Waals surface area contributed by atoms with Gasteiger partial charge in [-0.15, -0.1) is 0 Å². The maximum absolute atomic E-state index is 12.1. The van der Waals surface area contributed by atoms with Gasteiger partial charge >= 0.3 is 0 Å². The van der Waals surface area contributed by atoms with Gasteiger partial charge in [-0.2, -0.15) is 0 Å². The molecule has 0 radical (unpaired) electrons. The summed E-state index contributed by atoms with van der Waals surface area (Å²) in [6.45, 7) is 8.92. The summed E-state index contributed by atoms with van der Waals surface area (Å²) < 4.78 is 11.1. The summed E-state index contributed by atoms with van der Waals surface area (Å²) in [4.78, 5) is 12.1. The van der Waals surface area contributed by atoms with Crippen LogP contribution in [0, 0.1) is 6.92 Å². The molecule has 1 amide bonds. The molecule has 0 aromatic heterocycles. The molecule has 1 atom stereocenters. The Hall–Kier alpha value is -2.33. The molecule has 0 saturated carbocycles. The predicted octanol–water partition coefficient (Wildman–Crippen LogP) is 4.18. The number of aryl methyl sites for hydroxylation is 1. The van der Waals surface area contributed by atoms with Gasteiger partial charge in [-0.25, -0.2) is 0 Å². The first-order chi connectivity index (χ1) is 12.3. The molecule has 4 nitrogen and oxygen atoms in total. The van der Waals surface area contributed by atoms with Crippen LogP contribution in [0.25, 0.3) is 0 Å². The first kappa shape index (κ1) is 20.0. The topological polar surface area (TPSA) is 47.6 Å². The van der Waals surface area contributed by atoms with E-state index >= 15 is 0 Å². The van der Waals surface area contributed by atoms with Gasteiger partial charge in [-0.3, -0.25) is 4.79 Å². The molecule has 140 valence electrons. The maximum Gasteiger partial charge on any atom is 0.258 e. The number of rotatable bonds is 7. The average Bonchev–Trinajstić information content (AvgIpc) is 2.61. The lowest BCUT2D eigenvalue weighted by molar-refractivity contribution is -0.123. The summed E-state index contributed by atoms with van der Waals surface area (Å²) >= 11 is 0. The summed E-state index contributed by atoms with van der Waals surface area (Å²) in [5, 5.41) is 2.88. The summed E-state index contributed by atoms with van der Waals surface area (Å²) in [6.07, 6.45) is -0.175. The molecule has 0 fully saturated rings. The van der Waals surface area contributed by atoms with Crippen molar-refractivity contribution in [3.8, 4) is 5.75 Å². The molecule has 0 saturated heterocycles. The zero-order chi connectivity index (χ0) is 19.2. The van der Waals surface area contributed by atoms with Gasteiger partial charge in [-0.05, 0) is 41.2 Å². The SMILES string of the molecule is COC(CNC(=O)COc1ccc(C(C)(C)C)cc1)c1ccccc1C. The van der Waals surface area contributed by atoms with Gasteiger partial charge in [0.15, 0.2) is 6.61 Å². The lowest BCUT2D eigenvalue weighted by Crippen LogP contribution is -2.33. The van der Waals surface area contributed by atoms with Gasteiger partial charge in [0, 0.05) is 13.7 Å². The molecule has 1 unspecified atom stereocenters. The monoisotopic (exact) mass is 355 g/mol. The molecule has 26 heavy (non-hydrogen) atoms. The van der Waals surface area contributed by atoms with Crippen LogP contribution in [-0.4, -0.2) is 26.2 Å². The standard InChI is InChI=1S/C22H29NO3/c1-16-8-6-7-9-19(16)20(25-5)14-23-21(24)15-26-18-12-10-17(11-13-18)22(2,3)4/h6-13,20H,14-15H2,1-5H3,(H,23,24). The van der Waals surface area contributed by atoms with Gasteiger partial charge < -0.3 is 14.8 Å². The molecule has 0 spiro atoms. The smallest absolute Gasteiger partial charge is 0.258 e. The Kier molecular flexibility index (Phi) is 6.81. The number of amides is 1. The van der Waals surface area contributed by atoms with Gasteiger partial charge in [0.2, 0.25) is 0 Å². The summed E-state index contributed by atoms with van der Waals surface area (Å²) in [5.74, 6) is 0.524. The highest BCUT2D eigenvalue weighted by atomic mass is 16.5. The largest absolute Gasteiger partial charge is 0.484 e. The Labute approximate surface area is 156 Å². The van der Waals surface area contributed by atoms with E-state index in [0.29, 0.717) is 12.3 Å². The first-order valence-electron chi connectivity index (χ1n) is 8.89. The number of methoxy groups -OCH3 is 1. The second-order valence-electron chi connectivity index (χ2n) is 7.45. The van der Waals surface area contributed by atoms with Crippen LogP contribution in [0.15, 0.2) is 48.5 Å². The van der Waals surface area contributed by atoms with E-state index in [2.05, 4.69) is 26.1 Å². The number of ether oxygens (including phenoxy) is 2. The van der Waals surface area contributed by atoms with E-state index in [9.17, 15) is 4.79 Å². The molecule has 2 aromatic carbocycles. The normalized spacial score (nSPS) is 12.5. The van der Waals surface area contributed by atoms with E-state index in [-0.39, 0.29) is 24.0 Å². The van der Waals surface area contributed by atoms with Crippen molar-refractivity contribution in [2.24, 2.45) is 0 Å². The highest BCUT2D eigenvalue weighted by Gasteiger charge is 2.15. The molecule has 0 aliphatic carbocycles. The van der Waals surface area contributed by atoms with Crippen molar-refractivity contribution in [3.63, 3.8) is 0 Å². The third-order valence-corrected chi connectivity index (χ3v) is 4.39. The first-order valence-corrected chi connectivity index (χ1v) is 8.89. The molecule has 0 bridgehead atoms. The molecule has 0 aliphatic rings. The van der Waals surface area contributed by atoms with E-state index in [0.717, 1.165) is 11.1 Å². The molecular formula is C22H29NO3. The minimum absolute atomic E-state index is 0.0148. The molecule has 0 aliphatic heterocycles. The van der Waals surface area contributed by atoms with Gasteiger partial charge in [0.05, 0.1) is 6.10 Å². The van der Waals surface area contributed by atoms with Gasteiger partial charge in [0.25, 0.3) is 5.91 Å². The number of hydrogen-bond acceptors (Lipinski definition) is 3. The van der Waals surface area contributed by atoms with Crippen LogP contribution in [0.3, 0.4) is 0 Å². The minimum Gasteiger partial charge on any atom is -0.484 e. The van der Waals surface area contributed by atoms with Crippen LogP contribution in [-0.2, 0) is 14.9 Å². The van der Waals surface area contributed by atoms with Crippen molar-refractivity contribution in [1.29, 1.82) is 0 Å². The number of hydrogen-bond donors (Lipinski definition) is 1. The van der Waals surface area contributed by atoms with E-state index < -0.39 is 0 Å². The fourth-order valence-corrected chi connectivity index (χ4v) is 2.73. The van der Waals surface area contributed by atoms with Crippen molar-refractivity contribution >= 4 is 5.91 Å². The summed E-state index contributed by atoms with van der Waals surface area (Å²) in [5.41, 5.74) is 3.55. The summed E-state index contributed by atoms with van der Waals surface area (Å²) in [7, 11) is 1.65. The molecule has 2 aromatic rings. The maximum atomic E-state index is 12.1. The fraction of sp³-hybridized carbons (Fsp3) is 0.409. The van der Waals surface area contributed by atoms with Crippen molar-refractivity contribution in [2.45, 2.75) is 39.2 Å². The third kappa shape index (κ3) is 5.60. The summed E-state index contributed by atoms with van der Waals surface area (Å²) in [6, 6.07) is 15.9. The van der Waals surface area contributed by atoms with E-state index in [1.54, 1.807) is 7.11 Å². The molecule has 1 N–H and O–H groups in total. The highest BCUT2D eigenvalue weighted by molar-refractivity contribution is 5.77. The lowest BCUT2D eigenvalue weighted by Gasteiger charge is -2.19. The Morgan fingerprint density at radius 1 is 1.08 bits per heavy atom. The number of carbonyl (C=O) groups is 1. The Morgan fingerprint density at radius 2 is 1.73 bits per heavy atom. The Bertz CT molecular complexity index is 717. The zero-order valence-electron chi connectivity index (χ0n) is 16.3. The number of nitrogens with one attached hydrogen (secondary N) is 1. The Morgan fingerprint density at radius 3 is 2.31 bits per heavy atom. The van der Waals surface area contributed by atoms with Crippen molar-refractivity contribution in [2.75, 3.05) is 20.3 Å². The molecule has 4 heteroatoms. The highest BCUT2D eigenvalue weighted by Crippen LogP contribution is 2.24. The van der Waals surface area contributed by atoms with Crippen molar-refractivity contribution < 1.29 is 14.3 Å². The second kappa shape index (κ2) is 8.86. The van der Waals surface area contributed by atoms with Gasteiger partial charge in [-0.1, -0.05) is 57.2 Å². The van der Waals surface area contributed by atoms with Crippen LogP contribution in [0.5, 0.6) is 5.75 Å². The van der Waals surface area contributed by atoms with Crippen LogP contribution >= 0.6 is 0 Å². The quantitative estimate of drug-likeness (QED) is 0.811. The van der Waals surface area contributed by atoms with Crippen LogP contribution in [0.1, 0.15) is 43.6 Å². The van der Waals surface area contributed by atoms with Crippen molar-refractivity contribution in [3.05, 3.63) is 65.2 Å². The second-order valence-corrected chi connectivity index (χ2v) is 7.45. The predicted molar refractivity (Wildman–Crippen MR) is 105 cm³/mol. The van der Waals surface area contributed by atoms with Crippen LogP contribution in [0.2, 0.25) is 0 Å². The Balaban J connectivity index is 1.84. The average molecular weight is 355 g/mol. The van der Waals surface area contributed by atoms with E-state index in [1.807, 2.05) is 55.5 Å². The van der Waals surface area contributed by atoms with Crippen LogP contribution in [0.4, 0.5) is 0 Å². The number of benzene rings is 2. The minimum atomic E-state index is -0.175.